The van der Waals surface area contributed by atoms with Crippen molar-refractivity contribution in [3.05, 3.63) is 59.7 Å². The van der Waals surface area contributed by atoms with Gasteiger partial charge in [0.15, 0.2) is 0 Å². The quantitative estimate of drug-likeness (QED) is 0.617. The zero-order valence-electron chi connectivity index (χ0n) is 18.7. The summed E-state index contributed by atoms with van der Waals surface area (Å²) in [4.78, 5) is 37.4. The van der Waals surface area contributed by atoms with Crippen LogP contribution in [0.2, 0.25) is 0 Å². The smallest absolute Gasteiger partial charge is 0.407 e. The van der Waals surface area contributed by atoms with Crippen LogP contribution in [0.15, 0.2) is 48.5 Å². The Bertz CT molecular complexity index is 944. The number of hydrogen-bond acceptors (Lipinski definition) is 4. The summed E-state index contributed by atoms with van der Waals surface area (Å²) < 4.78 is 5.53. The Morgan fingerprint density at radius 3 is 2.09 bits per heavy atom. The van der Waals surface area contributed by atoms with Gasteiger partial charge in [-0.25, -0.2) is 4.79 Å². The number of carbonyl (C=O) groups excluding carboxylic acids is 2. The second kappa shape index (κ2) is 10.3. The first kappa shape index (κ1) is 23.3. The van der Waals surface area contributed by atoms with Gasteiger partial charge in [0.1, 0.15) is 6.61 Å². The molecule has 0 heterocycles. The van der Waals surface area contributed by atoms with E-state index in [1.807, 2.05) is 24.3 Å². The molecular weight excluding hydrogens is 408 g/mol. The normalized spacial score (nSPS) is 14.1. The predicted molar refractivity (Wildman–Crippen MR) is 121 cm³/mol. The van der Waals surface area contributed by atoms with Gasteiger partial charge in [-0.1, -0.05) is 48.5 Å². The second-order valence-electron chi connectivity index (χ2n) is 8.20. The molecule has 1 aliphatic carbocycles. The van der Waals surface area contributed by atoms with Gasteiger partial charge in [-0.15, -0.1) is 0 Å². The van der Waals surface area contributed by atoms with Crippen LogP contribution in [0.3, 0.4) is 0 Å². The van der Waals surface area contributed by atoms with Crippen LogP contribution in [0.1, 0.15) is 50.7 Å². The summed E-state index contributed by atoms with van der Waals surface area (Å²) in [6, 6.07) is 15.4. The molecule has 0 aliphatic heterocycles. The maximum atomic E-state index is 12.6. The highest BCUT2D eigenvalue weighted by molar-refractivity contribution is 5.80. The standard InChI is InChI=1S/C25H30N2O5/c1-4-27(17(3)14-24(29)30)23(28)13-16(2)26-25(31)32-15-22-20-11-7-5-9-18(20)19-10-6-8-12-21(19)22/h5-12,16-17,22H,4,13-15H2,1-3H3,(H,26,31)(H,29,30)/t16-,17?/m1/s1. The molecule has 2 atom stereocenters. The number of aliphatic carboxylic acids is 1. The van der Waals surface area contributed by atoms with Gasteiger partial charge >= 0.3 is 12.1 Å². The predicted octanol–water partition coefficient (Wildman–Crippen LogP) is 4.02. The number of rotatable bonds is 9. The number of carboxylic acids is 1. The first-order valence-corrected chi connectivity index (χ1v) is 10.9. The van der Waals surface area contributed by atoms with E-state index in [2.05, 4.69) is 29.6 Å². The highest BCUT2D eigenvalue weighted by Gasteiger charge is 2.29. The molecule has 0 spiro atoms. The van der Waals surface area contributed by atoms with Crippen molar-refractivity contribution in [2.75, 3.05) is 13.2 Å². The Kier molecular flexibility index (Phi) is 7.51. The van der Waals surface area contributed by atoms with Gasteiger partial charge in [-0.05, 0) is 43.0 Å². The number of hydrogen-bond donors (Lipinski definition) is 2. The minimum absolute atomic E-state index is 0.0301. The fourth-order valence-corrected chi connectivity index (χ4v) is 4.37. The molecule has 0 saturated heterocycles. The first-order valence-electron chi connectivity index (χ1n) is 10.9. The van der Waals surface area contributed by atoms with Gasteiger partial charge in [0.05, 0.1) is 6.42 Å². The summed E-state index contributed by atoms with van der Waals surface area (Å²) in [7, 11) is 0. The Balaban J connectivity index is 1.55. The fraction of sp³-hybridized carbons (Fsp3) is 0.400. The minimum atomic E-state index is -0.950. The van der Waals surface area contributed by atoms with Crippen molar-refractivity contribution >= 4 is 18.0 Å². The molecule has 0 aromatic heterocycles. The molecule has 0 bridgehead atoms. The average Bonchev–Trinajstić information content (AvgIpc) is 3.06. The van der Waals surface area contributed by atoms with Crippen LogP contribution in [-0.2, 0) is 14.3 Å². The van der Waals surface area contributed by atoms with Crippen molar-refractivity contribution in [1.82, 2.24) is 10.2 Å². The fourth-order valence-electron chi connectivity index (χ4n) is 4.37. The van der Waals surface area contributed by atoms with Gasteiger partial charge in [-0.2, -0.15) is 0 Å². The monoisotopic (exact) mass is 438 g/mol. The lowest BCUT2D eigenvalue weighted by Crippen LogP contribution is -2.43. The van der Waals surface area contributed by atoms with Crippen molar-refractivity contribution in [3.63, 3.8) is 0 Å². The summed E-state index contributed by atoms with van der Waals surface area (Å²) in [6.45, 7) is 5.86. The molecule has 32 heavy (non-hydrogen) atoms. The van der Waals surface area contributed by atoms with Crippen LogP contribution in [0.5, 0.6) is 0 Å². The number of benzene rings is 2. The van der Waals surface area contributed by atoms with Crippen molar-refractivity contribution in [3.8, 4) is 11.1 Å². The van der Waals surface area contributed by atoms with Crippen molar-refractivity contribution < 1.29 is 24.2 Å². The molecule has 7 nitrogen and oxygen atoms in total. The van der Waals surface area contributed by atoms with Crippen molar-refractivity contribution in [2.24, 2.45) is 0 Å². The van der Waals surface area contributed by atoms with Crippen LogP contribution < -0.4 is 5.32 Å². The highest BCUT2D eigenvalue weighted by atomic mass is 16.5. The molecule has 7 heteroatoms. The summed E-state index contributed by atoms with van der Waals surface area (Å²) in [5.41, 5.74) is 4.59. The molecule has 2 aromatic rings. The summed E-state index contributed by atoms with van der Waals surface area (Å²) in [5, 5.41) is 11.7. The molecule has 2 N–H and O–H groups in total. The number of nitrogens with one attached hydrogen (secondary N) is 1. The summed E-state index contributed by atoms with van der Waals surface area (Å²) in [6.07, 6.45) is -0.621. The lowest BCUT2D eigenvalue weighted by molar-refractivity contribution is -0.140. The summed E-state index contributed by atoms with van der Waals surface area (Å²) >= 11 is 0. The lowest BCUT2D eigenvalue weighted by atomic mass is 9.98. The van der Waals surface area contributed by atoms with Crippen LogP contribution in [-0.4, -0.2) is 53.2 Å². The Hall–Kier alpha value is -3.35. The number of carboxylic acid groups (broad SMARTS) is 1. The highest BCUT2D eigenvalue weighted by Crippen LogP contribution is 2.44. The largest absolute Gasteiger partial charge is 0.481 e. The Morgan fingerprint density at radius 2 is 1.56 bits per heavy atom. The van der Waals surface area contributed by atoms with Crippen LogP contribution in [0, 0.1) is 0 Å². The molecule has 1 unspecified atom stereocenters. The molecule has 0 fully saturated rings. The van der Waals surface area contributed by atoms with E-state index in [1.54, 1.807) is 20.8 Å². The zero-order chi connectivity index (χ0) is 23.3. The molecular formula is C25H30N2O5. The van der Waals surface area contributed by atoms with E-state index in [1.165, 1.54) is 4.90 Å². The topological polar surface area (TPSA) is 95.9 Å². The number of amides is 2. The number of ether oxygens (including phenoxy) is 1. The van der Waals surface area contributed by atoms with Gasteiger partial charge < -0.3 is 20.1 Å². The number of nitrogens with zero attached hydrogens (tertiary/aromatic N) is 1. The van der Waals surface area contributed by atoms with Gasteiger partial charge in [-0.3, -0.25) is 9.59 Å². The van der Waals surface area contributed by atoms with Crippen LogP contribution >= 0.6 is 0 Å². The van der Waals surface area contributed by atoms with E-state index >= 15 is 0 Å². The maximum absolute atomic E-state index is 12.6. The Labute approximate surface area is 188 Å². The molecule has 2 amide bonds. The second-order valence-corrected chi connectivity index (χ2v) is 8.20. The van der Waals surface area contributed by atoms with E-state index in [0.29, 0.717) is 6.54 Å². The van der Waals surface area contributed by atoms with Crippen LogP contribution in [0.25, 0.3) is 11.1 Å². The SMILES string of the molecule is CCN(C(=O)C[C@@H](C)NC(=O)OCC1c2ccccc2-c2ccccc21)C(C)CC(=O)O. The lowest BCUT2D eigenvalue weighted by Gasteiger charge is -2.28. The van der Waals surface area contributed by atoms with E-state index in [4.69, 9.17) is 9.84 Å². The molecule has 2 aromatic carbocycles. The van der Waals surface area contributed by atoms with Gasteiger partial charge in [0.2, 0.25) is 5.91 Å². The summed E-state index contributed by atoms with van der Waals surface area (Å²) in [5.74, 6) is -1.18. The van der Waals surface area contributed by atoms with Gasteiger partial charge in [0, 0.05) is 31.0 Å². The van der Waals surface area contributed by atoms with Gasteiger partial charge in [0.25, 0.3) is 0 Å². The first-order chi connectivity index (χ1) is 15.3. The zero-order valence-corrected chi connectivity index (χ0v) is 18.7. The molecule has 3 rings (SSSR count). The van der Waals surface area contributed by atoms with E-state index in [-0.39, 0.29) is 31.3 Å². The maximum Gasteiger partial charge on any atom is 0.407 e. The minimum Gasteiger partial charge on any atom is -0.481 e. The third-order valence-electron chi connectivity index (χ3n) is 5.85. The third-order valence-corrected chi connectivity index (χ3v) is 5.85. The van der Waals surface area contributed by atoms with Crippen molar-refractivity contribution in [1.29, 1.82) is 0 Å². The molecule has 0 radical (unpaired) electrons. The number of alkyl carbamates (subject to hydrolysis) is 1. The van der Waals surface area contributed by atoms with E-state index < -0.39 is 24.1 Å². The third kappa shape index (κ3) is 5.28. The number of carbonyl (C=O) groups is 3. The van der Waals surface area contributed by atoms with E-state index in [9.17, 15) is 14.4 Å². The Morgan fingerprint density at radius 1 is 1.00 bits per heavy atom. The average molecular weight is 439 g/mol. The van der Waals surface area contributed by atoms with Crippen LogP contribution in [0.4, 0.5) is 4.79 Å². The number of fused-ring (bicyclic) bond motifs is 3. The molecule has 1 aliphatic rings. The van der Waals surface area contributed by atoms with E-state index in [0.717, 1.165) is 22.3 Å². The molecule has 0 saturated carbocycles. The van der Waals surface area contributed by atoms with Crippen molar-refractivity contribution in [2.45, 2.75) is 51.6 Å². The molecule has 170 valence electrons.